The van der Waals surface area contributed by atoms with Crippen LogP contribution in [0.5, 0.6) is 5.75 Å². The highest BCUT2D eigenvalue weighted by molar-refractivity contribution is 6.02. The lowest BCUT2D eigenvalue weighted by Crippen LogP contribution is -2.30. The zero-order valence-corrected chi connectivity index (χ0v) is 14.3. The van der Waals surface area contributed by atoms with Crippen molar-refractivity contribution in [2.24, 2.45) is 0 Å². The van der Waals surface area contributed by atoms with Gasteiger partial charge in [-0.25, -0.2) is 4.79 Å². The molecule has 0 aliphatic rings. The lowest BCUT2D eigenvalue weighted by atomic mass is 10.1. The molecule has 2 aromatic rings. The van der Waals surface area contributed by atoms with Crippen LogP contribution in [0.1, 0.15) is 28.4 Å². The van der Waals surface area contributed by atoms with E-state index in [0.29, 0.717) is 17.0 Å². The van der Waals surface area contributed by atoms with Gasteiger partial charge in [-0.2, -0.15) is 0 Å². The van der Waals surface area contributed by atoms with E-state index in [0.717, 1.165) is 11.1 Å². The number of esters is 1. The topological polar surface area (TPSA) is 64.6 Å². The molecule has 1 atom stereocenters. The molecule has 1 amide bonds. The van der Waals surface area contributed by atoms with Gasteiger partial charge in [0, 0.05) is 0 Å². The minimum absolute atomic E-state index is 0.298. The van der Waals surface area contributed by atoms with Crippen LogP contribution in [0.25, 0.3) is 0 Å². The van der Waals surface area contributed by atoms with Crippen molar-refractivity contribution in [3.8, 4) is 5.75 Å². The molecule has 2 aromatic carbocycles. The fourth-order valence-corrected chi connectivity index (χ4v) is 2.16. The minimum Gasteiger partial charge on any atom is -0.481 e. The molecule has 5 nitrogen and oxygen atoms in total. The molecule has 0 aromatic heterocycles. The van der Waals surface area contributed by atoms with Gasteiger partial charge in [0.15, 0.2) is 6.10 Å². The van der Waals surface area contributed by atoms with Gasteiger partial charge in [0.2, 0.25) is 0 Å². The smallest absolute Gasteiger partial charge is 0.339 e. The Labute approximate surface area is 141 Å². The highest BCUT2D eigenvalue weighted by atomic mass is 16.5. The molecule has 0 radical (unpaired) electrons. The predicted octanol–water partition coefficient (Wildman–Crippen LogP) is 3.50. The first-order chi connectivity index (χ1) is 11.4. The van der Waals surface area contributed by atoms with E-state index >= 15 is 0 Å². The molecular weight excluding hydrogens is 306 g/mol. The molecule has 0 spiro atoms. The van der Waals surface area contributed by atoms with E-state index in [9.17, 15) is 9.59 Å². The number of amides is 1. The summed E-state index contributed by atoms with van der Waals surface area (Å²) in [6.07, 6.45) is -0.710. The van der Waals surface area contributed by atoms with Gasteiger partial charge in [0.1, 0.15) is 5.75 Å². The van der Waals surface area contributed by atoms with Crippen molar-refractivity contribution in [1.82, 2.24) is 0 Å². The van der Waals surface area contributed by atoms with Crippen molar-refractivity contribution in [3.63, 3.8) is 0 Å². The normalized spacial score (nSPS) is 11.5. The van der Waals surface area contributed by atoms with Gasteiger partial charge in [0.05, 0.1) is 18.4 Å². The maximum absolute atomic E-state index is 12.3. The van der Waals surface area contributed by atoms with Gasteiger partial charge >= 0.3 is 5.97 Å². The van der Waals surface area contributed by atoms with Crippen molar-refractivity contribution in [2.75, 3.05) is 12.4 Å². The molecule has 0 saturated carbocycles. The number of hydrogen-bond acceptors (Lipinski definition) is 4. The Hall–Kier alpha value is -2.82. The van der Waals surface area contributed by atoms with Crippen LogP contribution >= 0.6 is 0 Å². The van der Waals surface area contributed by atoms with E-state index < -0.39 is 12.1 Å². The summed E-state index contributed by atoms with van der Waals surface area (Å²) in [4.78, 5) is 24.1. The maximum atomic E-state index is 12.3. The molecule has 5 heteroatoms. The number of benzene rings is 2. The summed E-state index contributed by atoms with van der Waals surface area (Å²) < 4.78 is 10.4. The number of aryl methyl sites for hydroxylation is 2. The second kappa shape index (κ2) is 7.64. The number of methoxy groups -OCH3 is 1. The second-order valence-electron chi connectivity index (χ2n) is 5.53. The molecule has 0 fully saturated rings. The van der Waals surface area contributed by atoms with Gasteiger partial charge in [-0.05, 0) is 56.2 Å². The number of hydrogen-bond donors (Lipinski definition) is 1. The SMILES string of the molecule is COC(=O)c1ccccc1NC(=O)C(C)Oc1ccc(C)c(C)c1. The van der Waals surface area contributed by atoms with Crippen LogP contribution in [0.3, 0.4) is 0 Å². The van der Waals surface area contributed by atoms with E-state index in [1.165, 1.54) is 7.11 Å². The molecule has 0 aliphatic carbocycles. The van der Waals surface area contributed by atoms with Crippen molar-refractivity contribution < 1.29 is 19.1 Å². The Balaban J connectivity index is 2.09. The lowest BCUT2D eigenvalue weighted by Gasteiger charge is -2.16. The van der Waals surface area contributed by atoms with Crippen molar-refractivity contribution in [3.05, 3.63) is 59.2 Å². The number of para-hydroxylation sites is 1. The largest absolute Gasteiger partial charge is 0.481 e. The highest BCUT2D eigenvalue weighted by Gasteiger charge is 2.18. The molecule has 2 rings (SSSR count). The lowest BCUT2D eigenvalue weighted by molar-refractivity contribution is -0.122. The van der Waals surface area contributed by atoms with Crippen LogP contribution in [0.4, 0.5) is 5.69 Å². The number of carbonyl (C=O) groups excluding carboxylic acids is 2. The van der Waals surface area contributed by atoms with Crippen LogP contribution in [-0.4, -0.2) is 25.1 Å². The van der Waals surface area contributed by atoms with E-state index in [1.807, 2.05) is 32.0 Å². The molecule has 1 N–H and O–H groups in total. The molecule has 1 unspecified atom stereocenters. The molecule has 0 heterocycles. The summed E-state index contributed by atoms with van der Waals surface area (Å²) >= 11 is 0. The third-order valence-electron chi connectivity index (χ3n) is 3.75. The molecular formula is C19H21NO4. The zero-order valence-electron chi connectivity index (χ0n) is 14.3. The average molecular weight is 327 g/mol. The van der Waals surface area contributed by atoms with Gasteiger partial charge < -0.3 is 14.8 Å². The van der Waals surface area contributed by atoms with Gasteiger partial charge in [-0.1, -0.05) is 18.2 Å². The minimum atomic E-state index is -0.710. The Morgan fingerprint density at radius 3 is 2.42 bits per heavy atom. The number of nitrogens with one attached hydrogen (secondary N) is 1. The summed E-state index contributed by atoms with van der Waals surface area (Å²) in [5.41, 5.74) is 2.94. The molecule has 126 valence electrons. The van der Waals surface area contributed by atoms with Gasteiger partial charge in [-0.3, -0.25) is 4.79 Å². The number of rotatable bonds is 5. The predicted molar refractivity (Wildman–Crippen MR) is 92.4 cm³/mol. The third kappa shape index (κ3) is 4.13. The van der Waals surface area contributed by atoms with Gasteiger partial charge in [0.25, 0.3) is 5.91 Å². The molecule has 0 aliphatic heterocycles. The summed E-state index contributed by atoms with van der Waals surface area (Å²) in [5, 5.41) is 2.71. The van der Waals surface area contributed by atoms with Crippen LogP contribution in [0, 0.1) is 13.8 Å². The first-order valence-corrected chi connectivity index (χ1v) is 7.64. The number of ether oxygens (including phenoxy) is 2. The molecule has 24 heavy (non-hydrogen) atoms. The van der Waals surface area contributed by atoms with E-state index in [4.69, 9.17) is 9.47 Å². The van der Waals surface area contributed by atoms with E-state index in [1.54, 1.807) is 31.2 Å². The molecule has 0 saturated heterocycles. The fraction of sp³-hybridized carbons (Fsp3) is 0.263. The van der Waals surface area contributed by atoms with E-state index in [-0.39, 0.29) is 5.91 Å². The van der Waals surface area contributed by atoms with Crippen LogP contribution in [-0.2, 0) is 9.53 Å². The van der Waals surface area contributed by atoms with Crippen molar-refractivity contribution >= 4 is 17.6 Å². The molecule has 0 bridgehead atoms. The first-order valence-electron chi connectivity index (χ1n) is 7.64. The highest BCUT2D eigenvalue weighted by Crippen LogP contribution is 2.19. The summed E-state index contributed by atoms with van der Waals surface area (Å²) in [5.74, 6) is -0.222. The Morgan fingerprint density at radius 2 is 1.75 bits per heavy atom. The number of carbonyl (C=O) groups is 2. The summed E-state index contributed by atoms with van der Waals surface area (Å²) in [6, 6.07) is 12.3. The monoisotopic (exact) mass is 327 g/mol. The summed E-state index contributed by atoms with van der Waals surface area (Å²) in [7, 11) is 1.30. The average Bonchev–Trinajstić information content (AvgIpc) is 2.58. The summed E-state index contributed by atoms with van der Waals surface area (Å²) in [6.45, 7) is 5.66. The Morgan fingerprint density at radius 1 is 1.04 bits per heavy atom. The Bertz CT molecular complexity index is 755. The Kier molecular flexibility index (Phi) is 5.58. The third-order valence-corrected chi connectivity index (χ3v) is 3.75. The quantitative estimate of drug-likeness (QED) is 0.854. The first kappa shape index (κ1) is 17.5. The zero-order chi connectivity index (χ0) is 17.7. The number of anilines is 1. The fourth-order valence-electron chi connectivity index (χ4n) is 2.16. The van der Waals surface area contributed by atoms with Gasteiger partial charge in [-0.15, -0.1) is 0 Å². The van der Waals surface area contributed by atoms with Crippen LogP contribution < -0.4 is 10.1 Å². The van der Waals surface area contributed by atoms with Crippen molar-refractivity contribution in [2.45, 2.75) is 26.9 Å². The van der Waals surface area contributed by atoms with Crippen LogP contribution in [0.2, 0.25) is 0 Å². The van der Waals surface area contributed by atoms with Crippen molar-refractivity contribution in [1.29, 1.82) is 0 Å². The van der Waals surface area contributed by atoms with Crippen LogP contribution in [0.15, 0.2) is 42.5 Å². The maximum Gasteiger partial charge on any atom is 0.339 e. The second-order valence-corrected chi connectivity index (χ2v) is 5.53. The van der Waals surface area contributed by atoms with E-state index in [2.05, 4.69) is 5.32 Å². The standard InChI is InChI=1S/C19H21NO4/c1-12-9-10-15(11-13(12)2)24-14(3)18(21)20-17-8-6-5-7-16(17)19(22)23-4/h5-11,14H,1-4H3,(H,20,21).